The second-order valence-electron chi connectivity index (χ2n) is 8.63. The Kier molecular flexibility index (Phi) is 11.6. The zero-order valence-electron chi connectivity index (χ0n) is 20.7. The lowest BCUT2D eigenvalue weighted by molar-refractivity contribution is -0.144. The van der Waals surface area contributed by atoms with E-state index in [-0.39, 0.29) is 12.8 Å². The molecule has 15 nitrogen and oxygen atoms in total. The van der Waals surface area contributed by atoms with Crippen molar-refractivity contribution in [2.45, 2.75) is 56.3 Å². The lowest BCUT2D eigenvalue weighted by Crippen LogP contribution is -2.58. The van der Waals surface area contributed by atoms with Gasteiger partial charge < -0.3 is 42.0 Å². The Labute approximate surface area is 222 Å². The summed E-state index contributed by atoms with van der Waals surface area (Å²) in [7, 11) is 0. The molecular weight excluding hydrogens is 516 g/mol. The predicted octanol–water partition coefficient (Wildman–Crippen LogP) is -1.60. The number of carbonyl (C=O) groups is 6. The summed E-state index contributed by atoms with van der Waals surface area (Å²) in [4.78, 5) is 79.0. The van der Waals surface area contributed by atoms with Crippen molar-refractivity contribution in [3.63, 3.8) is 0 Å². The zero-order valence-corrected chi connectivity index (χ0v) is 20.7. The molecule has 15 heteroatoms. The first-order valence-corrected chi connectivity index (χ1v) is 11.8. The molecule has 0 radical (unpaired) electrons. The fraction of sp³-hybridized carbons (Fsp3) is 0.375. The molecular formula is C24H30N6O9. The first-order chi connectivity index (χ1) is 18.5. The average molecular weight is 547 g/mol. The number of carbonyl (C=O) groups excluding carboxylic acids is 3. The molecule has 210 valence electrons. The van der Waals surface area contributed by atoms with Crippen LogP contribution in [0, 0.1) is 0 Å². The third kappa shape index (κ3) is 10.6. The van der Waals surface area contributed by atoms with Crippen molar-refractivity contribution in [1.82, 2.24) is 25.9 Å². The molecule has 9 N–H and O–H groups in total. The molecule has 1 heterocycles. The van der Waals surface area contributed by atoms with Crippen LogP contribution in [0.3, 0.4) is 0 Å². The smallest absolute Gasteiger partial charge is 0.326 e. The Morgan fingerprint density at radius 1 is 0.821 bits per heavy atom. The van der Waals surface area contributed by atoms with Crippen molar-refractivity contribution in [3.8, 4) is 0 Å². The molecule has 39 heavy (non-hydrogen) atoms. The number of carboxylic acids is 3. The van der Waals surface area contributed by atoms with Gasteiger partial charge in [0.05, 0.1) is 18.8 Å². The molecule has 2 aromatic rings. The third-order valence-electron chi connectivity index (χ3n) is 5.52. The van der Waals surface area contributed by atoms with E-state index in [0.717, 1.165) is 5.56 Å². The van der Waals surface area contributed by atoms with Crippen LogP contribution in [0.2, 0.25) is 0 Å². The van der Waals surface area contributed by atoms with Crippen LogP contribution < -0.4 is 21.7 Å². The first-order valence-electron chi connectivity index (χ1n) is 11.8. The molecule has 0 aliphatic rings. The number of nitrogens with two attached hydrogens (primary N) is 1. The van der Waals surface area contributed by atoms with Gasteiger partial charge in [-0.2, -0.15) is 0 Å². The summed E-state index contributed by atoms with van der Waals surface area (Å²) in [5.41, 5.74) is 7.05. The quantitative estimate of drug-likeness (QED) is 0.119. The van der Waals surface area contributed by atoms with Gasteiger partial charge >= 0.3 is 17.9 Å². The lowest BCUT2D eigenvalue weighted by Gasteiger charge is -2.24. The Hall–Kier alpha value is -4.79. The van der Waals surface area contributed by atoms with Gasteiger partial charge in [0.25, 0.3) is 0 Å². The SMILES string of the molecule is NC(Cc1ccccc1)C(=O)NC(CC(=O)O)C(=O)NC(Cc1cnc[nH]1)C(=O)NC(CCC(=O)O)C(=O)O. The number of hydrogen-bond donors (Lipinski definition) is 8. The number of aromatic amines is 1. The number of hydrogen-bond acceptors (Lipinski definition) is 8. The van der Waals surface area contributed by atoms with Gasteiger partial charge in [-0.3, -0.25) is 24.0 Å². The minimum Gasteiger partial charge on any atom is -0.481 e. The van der Waals surface area contributed by atoms with Crippen molar-refractivity contribution in [3.05, 3.63) is 54.1 Å². The molecule has 4 atom stereocenters. The van der Waals surface area contributed by atoms with Gasteiger partial charge in [-0.1, -0.05) is 30.3 Å². The van der Waals surface area contributed by atoms with E-state index in [0.29, 0.717) is 5.69 Å². The van der Waals surface area contributed by atoms with Crippen LogP contribution in [0.15, 0.2) is 42.9 Å². The number of aromatic nitrogens is 2. The summed E-state index contributed by atoms with van der Waals surface area (Å²) in [5, 5.41) is 34.3. The van der Waals surface area contributed by atoms with Gasteiger partial charge in [0.2, 0.25) is 17.7 Å². The summed E-state index contributed by atoms with van der Waals surface area (Å²) < 4.78 is 0. The molecule has 0 saturated heterocycles. The number of amides is 3. The number of aliphatic carboxylic acids is 3. The van der Waals surface area contributed by atoms with E-state index < -0.39 is 79.1 Å². The number of benzene rings is 1. The number of imidazole rings is 1. The van der Waals surface area contributed by atoms with Gasteiger partial charge in [-0.15, -0.1) is 0 Å². The highest BCUT2D eigenvalue weighted by Gasteiger charge is 2.32. The van der Waals surface area contributed by atoms with Crippen molar-refractivity contribution < 1.29 is 44.1 Å². The van der Waals surface area contributed by atoms with Crippen LogP contribution in [-0.4, -0.2) is 85.1 Å². The summed E-state index contributed by atoms with van der Waals surface area (Å²) in [6.45, 7) is 0. The molecule has 0 fully saturated rings. The summed E-state index contributed by atoms with van der Waals surface area (Å²) in [6.07, 6.45) is 0.786. The molecule has 1 aromatic carbocycles. The van der Waals surface area contributed by atoms with E-state index in [4.69, 9.17) is 10.8 Å². The summed E-state index contributed by atoms with van der Waals surface area (Å²) >= 11 is 0. The van der Waals surface area contributed by atoms with E-state index in [9.17, 15) is 39.0 Å². The third-order valence-corrected chi connectivity index (χ3v) is 5.52. The van der Waals surface area contributed by atoms with Crippen LogP contribution in [-0.2, 0) is 41.6 Å². The minimum absolute atomic E-state index is 0.117. The molecule has 0 spiro atoms. The summed E-state index contributed by atoms with van der Waals surface area (Å²) in [5.74, 6) is -6.97. The van der Waals surface area contributed by atoms with Crippen LogP contribution >= 0.6 is 0 Å². The Balaban J connectivity index is 2.17. The zero-order chi connectivity index (χ0) is 28.9. The largest absolute Gasteiger partial charge is 0.481 e. The van der Waals surface area contributed by atoms with E-state index in [1.807, 2.05) is 0 Å². The van der Waals surface area contributed by atoms with Crippen molar-refractivity contribution >= 4 is 35.6 Å². The van der Waals surface area contributed by atoms with Crippen molar-refractivity contribution in [2.24, 2.45) is 5.73 Å². The predicted molar refractivity (Wildman–Crippen MR) is 133 cm³/mol. The average Bonchev–Trinajstić information content (AvgIpc) is 3.38. The summed E-state index contributed by atoms with van der Waals surface area (Å²) in [6, 6.07) is 3.05. The normalized spacial score (nSPS) is 13.8. The minimum atomic E-state index is -1.61. The Morgan fingerprint density at radius 3 is 2.00 bits per heavy atom. The van der Waals surface area contributed by atoms with Gasteiger partial charge in [0, 0.05) is 24.7 Å². The highest BCUT2D eigenvalue weighted by molar-refractivity contribution is 5.95. The molecule has 4 unspecified atom stereocenters. The van der Waals surface area contributed by atoms with E-state index >= 15 is 0 Å². The highest BCUT2D eigenvalue weighted by atomic mass is 16.4. The maximum Gasteiger partial charge on any atom is 0.326 e. The standard InChI is InChI=1S/C24H30N6O9/c25-15(8-13-4-2-1-3-5-13)21(35)29-18(10-20(33)34)23(37)30-17(9-14-11-26-12-27-14)22(36)28-16(24(38)39)6-7-19(31)32/h1-5,11-12,15-18H,6-10,25H2,(H,26,27)(H,28,36)(H,29,35)(H,30,37)(H,31,32)(H,33,34)(H,38,39). The van der Waals surface area contributed by atoms with Crippen LogP contribution in [0.1, 0.15) is 30.5 Å². The molecule has 1 aromatic heterocycles. The fourth-order valence-electron chi connectivity index (χ4n) is 3.52. The van der Waals surface area contributed by atoms with E-state index in [1.54, 1.807) is 30.3 Å². The monoisotopic (exact) mass is 546 g/mol. The molecule has 2 rings (SSSR count). The van der Waals surface area contributed by atoms with Crippen molar-refractivity contribution in [2.75, 3.05) is 0 Å². The van der Waals surface area contributed by atoms with Gasteiger partial charge in [0.1, 0.15) is 18.1 Å². The first kappa shape index (κ1) is 30.4. The lowest BCUT2D eigenvalue weighted by atomic mass is 10.0. The van der Waals surface area contributed by atoms with Crippen molar-refractivity contribution in [1.29, 1.82) is 0 Å². The molecule has 0 aliphatic carbocycles. The second kappa shape index (κ2) is 14.8. The molecule has 3 amide bonds. The molecule has 0 saturated carbocycles. The van der Waals surface area contributed by atoms with Crippen LogP contribution in [0.5, 0.6) is 0 Å². The Morgan fingerprint density at radius 2 is 1.44 bits per heavy atom. The maximum atomic E-state index is 13.0. The Bertz CT molecular complexity index is 1160. The number of H-pyrrole nitrogens is 1. The highest BCUT2D eigenvalue weighted by Crippen LogP contribution is 2.06. The van der Waals surface area contributed by atoms with Crippen LogP contribution in [0.25, 0.3) is 0 Å². The molecule has 0 bridgehead atoms. The topological polar surface area (TPSA) is 254 Å². The maximum absolute atomic E-state index is 13.0. The number of rotatable bonds is 16. The van der Waals surface area contributed by atoms with Gasteiger partial charge in [0.15, 0.2) is 0 Å². The number of nitrogens with zero attached hydrogens (tertiary/aromatic N) is 1. The van der Waals surface area contributed by atoms with E-state index in [1.165, 1.54) is 12.5 Å². The van der Waals surface area contributed by atoms with Crippen LogP contribution in [0.4, 0.5) is 0 Å². The van der Waals surface area contributed by atoms with E-state index in [2.05, 4.69) is 25.9 Å². The molecule has 0 aliphatic heterocycles. The fourth-order valence-corrected chi connectivity index (χ4v) is 3.52. The van der Waals surface area contributed by atoms with Gasteiger partial charge in [-0.05, 0) is 18.4 Å². The number of carboxylic acid groups (broad SMARTS) is 3. The number of nitrogens with one attached hydrogen (secondary N) is 4. The van der Waals surface area contributed by atoms with Gasteiger partial charge in [-0.25, -0.2) is 9.78 Å². The second-order valence-corrected chi connectivity index (χ2v) is 8.63.